The quantitative estimate of drug-likeness (QED) is 0.730. The molecule has 0 aromatic heterocycles. The Morgan fingerprint density at radius 2 is 1.93 bits per heavy atom. The maximum atomic E-state index is 13.2. The highest BCUT2D eigenvalue weighted by atomic mass is 35.5. The lowest BCUT2D eigenvalue weighted by atomic mass is 9.75. The Balaban J connectivity index is 1.31. The molecule has 2 unspecified atom stereocenters. The van der Waals surface area contributed by atoms with Gasteiger partial charge in [-0.15, -0.1) is 0 Å². The van der Waals surface area contributed by atoms with Crippen molar-refractivity contribution in [2.24, 2.45) is 10.5 Å². The Bertz CT molecular complexity index is 981. The van der Waals surface area contributed by atoms with Gasteiger partial charge in [0.2, 0.25) is 0 Å². The highest BCUT2D eigenvalue weighted by molar-refractivity contribution is 6.31. The summed E-state index contributed by atoms with van der Waals surface area (Å²) in [6.45, 7) is 3.81. The lowest BCUT2D eigenvalue weighted by Crippen LogP contribution is -2.59. The number of imide groups is 1. The van der Waals surface area contributed by atoms with Crippen LogP contribution in [-0.2, 0) is 11.3 Å². The zero-order valence-electron chi connectivity index (χ0n) is 16.8. The van der Waals surface area contributed by atoms with E-state index >= 15 is 0 Å². The fraction of sp³-hybridized carbons (Fsp3) is 0.409. The van der Waals surface area contributed by atoms with Crippen molar-refractivity contribution in [3.63, 3.8) is 0 Å². The van der Waals surface area contributed by atoms with Gasteiger partial charge in [-0.05, 0) is 37.5 Å². The minimum atomic E-state index is -0.813. The summed E-state index contributed by atoms with van der Waals surface area (Å²) in [6, 6.07) is 9.34. The Kier molecular flexibility index (Phi) is 4.48. The summed E-state index contributed by atoms with van der Waals surface area (Å²) < 4.78 is 0. The van der Waals surface area contributed by atoms with Gasteiger partial charge in [0.15, 0.2) is 0 Å². The minimum absolute atomic E-state index is 0.0497. The molecule has 156 valence electrons. The Hall–Kier alpha value is -2.64. The number of benzene rings is 1. The van der Waals surface area contributed by atoms with E-state index in [9.17, 15) is 9.59 Å². The summed E-state index contributed by atoms with van der Waals surface area (Å²) in [5.74, 6) is -0.121. The first-order valence-electron chi connectivity index (χ1n) is 10.2. The molecule has 2 fully saturated rings. The fourth-order valence-corrected chi connectivity index (χ4v) is 5.18. The lowest BCUT2D eigenvalue weighted by Gasteiger charge is -2.46. The molecule has 1 aliphatic carbocycles. The number of urea groups is 1. The van der Waals surface area contributed by atoms with E-state index in [-0.39, 0.29) is 23.4 Å². The fourth-order valence-electron chi connectivity index (χ4n) is 4.95. The molecule has 4 aliphatic rings. The van der Waals surface area contributed by atoms with Gasteiger partial charge >= 0.3 is 6.03 Å². The van der Waals surface area contributed by atoms with Crippen molar-refractivity contribution in [3.05, 3.63) is 58.8 Å². The zero-order chi connectivity index (χ0) is 20.9. The Morgan fingerprint density at radius 3 is 2.67 bits per heavy atom. The van der Waals surface area contributed by atoms with Gasteiger partial charge in [0.1, 0.15) is 5.54 Å². The lowest BCUT2D eigenvalue weighted by molar-refractivity contribution is -0.133. The Labute approximate surface area is 180 Å². The average Bonchev–Trinajstić information content (AvgIpc) is 3.22. The summed E-state index contributed by atoms with van der Waals surface area (Å²) in [6.07, 6.45) is 7.05. The predicted octanol–water partition coefficient (Wildman–Crippen LogP) is 2.56. The van der Waals surface area contributed by atoms with Crippen LogP contribution in [0.1, 0.15) is 25.3 Å². The van der Waals surface area contributed by atoms with Crippen molar-refractivity contribution in [1.29, 1.82) is 0 Å². The first kappa shape index (κ1) is 19.3. The van der Waals surface area contributed by atoms with Crippen molar-refractivity contribution < 1.29 is 9.59 Å². The summed E-state index contributed by atoms with van der Waals surface area (Å²) in [4.78, 5) is 29.5. The number of halogens is 1. The molecule has 2 N–H and O–H groups in total. The second-order valence-corrected chi connectivity index (χ2v) is 9.07. The normalized spacial score (nSPS) is 30.1. The molecule has 7 nitrogen and oxygen atoms in total. The monoisotopic (exact) mass is 425 g/mol. The van der Waals surface area contributed by atoms with Crippen LogP contribution in [-0.4, -0.2) is 52.6 Å². The largest absolute Gasteiger partial charge is 0.325 e. The predicted molar refractivity (Wildman–Crippen MR) is 115 cm³/mol. The molecule has 3 heterocycles. The van der Waals surface area contributed by atoms with Crippen LogP contribution < -0.4 is 10.7 Å². The number of nitrogens with one attached hydrogen (secondary N) is 2. The van der Waals surface area contributed by atoms with E-state index in [1.807, 2.05) is 42.6 Å². The van der Waals surface area contributed by atoms with Gasteiger partial charge in [-0.3, -0.25) is 20.0 Å². The number of fused-ring (bicyclic) bond motifs is 1. The first-order chi connectivity index (χ1) is 14.4. The van der Waals surface area contributed by atoms with Crippen molar-refractivity contribution in [3.8, 4) is 0 Å². The molecule has 0 bridgehead atoms. The number of hydrogen-bond acceptors (Lipinski definition) is 5. The number of amides is 3. The van der Waals surface area contributed by atoms with Crippen LogP contribution in [0.4, 0.5) is 4.79 Å². The Morgan fingerprint density at radius 1 is 1.20 bits per heavy atom. The highest BCUT2D eigenvalue weighted by Gasteiger charge is 2.54. The van der Waals surface area contributed by atoms with Gasteiger partial charge in [0.25, 0.3) is 5.91 Å². The highest BCUT2D eigenvalue weighted by Crippen LogP contribution is 2.42. The topological polar surface area (TPSA) is 77.0 Å². The van der Waals surface area contributed by atoms with Crippen LogP contribution >= 0.6 is 11.6 Å². The van der Waals surface area contributed by atoms with E-state index in [2.05, 4.69) is 33.7 Å². The smallest absolute Gasteiger partial charge is 0.323 e. The van der Waals surface area contributed by atoms with E-state index in [1.165, 1.54) is 4.90 Å². The standard InChI is InChI=1S/C22H24ClN5O2/c1-21-14-24-26-17(21)11-16(23)12-18(21)27-9-7-22(8-10-27)19(29)28(20(30)25-22)13-15-5-3-2-4-6-15/h2-6,11-12,14,18,26H,7-10,13H2,1H3,(H,25,30). The van der Waals surface area contributed by atoms with E-state index in [1.54, 1.807) is 0 Å². The number of carbonyl (C=O) groups excluding carboxylic acids is 2. The molecule has 2 atom stereocenters. The molecule has 3 aliphatic heterocycles. The third-order valence-corrected chi connectivity index (χ3v) is 7.02. The molecular weight excluding hydrogens is 402 g/mol. The van der Waals surface area contributed by atoms with E-state index in [0.717, 1.165) is 11.3 Å². The molecule has 8 heteroatoms. The van der Waals surface area contributed by atoms with Crippen molar-refractivity contribution in [2.45, 2.75) is 37.9 Å². The number of hydrogen-bond donors (Lipinski definition) is 2. The molecule has 1 aromatic carbocycles. The molecule has 0 radical (unpaired) electrons. The third-order valence-electron chi connectivity index (χ3n) is 6.79. The number of carbonyl (C=O) groups is 2. The molecule has 5 rings (SSSR count). The van der Waals surface area contributed by atoms with Crippen molar-refractivity contribution in [2.75, 3.05) is 13.1 Å². The van der Waals surface area contributed by atoms with Crippen LogP contribution in [0.5, 0.6) is 0 Å². The minimum Gasteiger partial charge on any atom is -0.323 e. The van der Waals surface area contributed by atoms with Crippen LogP contribution in [0, 0.1) is 5.41 Å². The van der Waals surface area contributed by atoms with Gasteiger partial charge in [-0.2, -0.15) is 5.10 Å². The molecule has 30 heavy (non-hydrogen) atoms. The van der Waals surface area contributed by atoms with Gasteiger partial charge in [0.05, 0.1) is 12.0 Å². The van der Waals surface area contributed by atoms with Crippen molar-refractivity contribution >= 4 is 29.8 Å². The van der Waals surface area contributed by atoms with Crippen LogP contribution in [0.3, 0.4) is 0 Å². The van der Waals surface area contributed by atoms with Gasteiger partial charge in [-0.25, -0.2) is 4.79 Å². The van der Waals surface area contributed by atoms with Gasteiger partial charge in [-0.1, -0.05) is 41.9 Å². The SMILES string of the molecule is CC12C=NNC1=CC(Cl)=CC2N1CCC2(CC1)NC(=O)N(Cc1ccccc1)C2=O. The number of nitrogens with zero attached hydrogens (tertiary/aromatic N) is 3. The summed E-state index contributed by atoms with van der Waals surface area (Å²) in [5, 5.41) is 7.92. The van der Waals surface area contributed by atoms with Crippen molar-refractivity contribution in [1.82, 2.24) is 20.5 Å². The maximum absolute atomic E-state index is 13.2. The molecule has 0 saturated carbocycles. The number of likely N-dealkylation sites (tertiary alicyclic amines) is 1. The second kappa shape index (κ2) is 6.96. The molecule has 1 spiro atoms. The summed E-state index contributed by atoms with van der Waals surface area (Å²) in [7, 11) is 0. The van der Waals surface area contributed by atoms with Crippen LogP contribution in [0.2, 0.25) is 0 Å². The molecule has 1 aromatic rings. The third kappa shape index (κ3) is 2.96. The second-order valence-electron chi connectivity index (χ2n) is 8.63. The molecule has 3 amide bonds. The average molecular weight is 426 g/mol. The number of hydrazone groups is 1. The molecule has 2 saturated heterocycles. The van der Waals surface area contributed by atoms with E-state index in [0.29, 0.717) is 37.5 Å². The van der Waals surface area contributed by atoms with Gasteiger partial charge < -0.3 is 5.32 Å². The summed E-state index contributed by atoms with van der Waals surface area (Å²) in [5.41, 5.74) is 3.89. The number of piperidine rings is 1. The summed E-state index contributed by atoms with van der Waals surface area (Å²) >= 11 is 6.36. The molecular formula is C22H24ClN5O2. The van der Waals surface area contributed by atoms with E-state index < -0.39 is 5.54 Å². The van der Waals surface area contributed by atoms with Gasteiger partial charge in [0, 0.05) is 36.1 Å². The van der Waals surface area contributed by atoms with E-state index in [4.69, 9.17) is 11.6 Å². The number of allylic oxidation sites excluding steroid dienone is 2. The van der Waals surface area contributed by atoms with Crippen LogP contribution in [0.25, 0.3) is 0 Å². The first-order valence-corrected chi connectivity index (χ1v) is 10.6. The number of rotatable bonds is 3. The maximum Gasteiger partial charge on any atom is 0.325 e. The zero-order valence-corrected chi connectivity index (χ0v) is 17.5. The van der Waals surface area contributed by atoms with Crippen LogP contribution in [0.15, 0.2) is 58.3 Å².